The van der Waals surface area contributed by atoms with E-state index in [1.165, 1.54) is 9.18 Å². The van der Waals surface area contributed by atoms with Gasteiger partial charge in [0.25, 0.3) is 0 Å². The van der Waals surface area contributed by atoms with Crippen LogP contribution in [0.1, 0.15) is 18.7 Å². The number of carbonyl (C=O) groups excluding carboxylic acids is 1. The van der Waals surface area contributed by atoms with Crippen molar-refractivity contribution >= 4 is 50.4 Å². The first-order valence-corrected chi connectivity index (χ1v) is 13.8. The second-order valence-electron chi connectivity index (χ2n) is 6.99. The average molecular weight is 484 g/mol. The molecule has 1 aliphatic heterocycles. The third kappa shape index (κ3) is 6.23. The highest BCUT2D eigenvalue weighted by Gasteiger charge is 2.27. The van der Waals surface area contributed by atoms with Crippen LogP contribution in [0, 0.1) is 0 Å². The van der Waals surface area contributed by atoms with Crippen molar-refractivity contribution in [3.63, 3.8) is 0 Å². The van der Waals surface area contributed by atoms with Crippen LogP contribution in [-0.2, 0) is 25.3 Å². The van der Waals surface area contributed by atoms with E-state index in [-0.39, 0.29) is 10.8 Å². The van der Waals surface area contributed by atoms with Gasteiger partial charge in [-0.3, -0.25) is 4.79 Å². The maximum absolute atomic E-state index is 13.1. The lowest BCUT2D eigenvalue weighted by molar-refractivity contribution is -0.113. The van der Waals surface area contributed by atoms with Gasteiger partial charge in [0.1, 0.15) is 0 Å². The van der Waals surface area contributed by atoms with Crippen LogP contribution in [0.3, 0.4) is 0 Å². The Balaban J connectivity index is 1.79. The fourth-order valence-corrected chi connectivity index (χ4v) is 6.48. The fourth-order valence-electron chi connectivity index (χ4n) is 3.38. The Labute approximate surface area is 192 Å². The summed E-state index contributed by atoms with van der Waals surface area (Å²) in [4.78, 5) is 16.1. The number of thioether (sulfide) groups is 1. The van der Waals surface area contributed by atoms with Gasteiger partial charge < -0.3 is 15.0 Å². The molecule has 1 amide bonds. The molecule has 31 heavy (non-hydrogen) atoms. The summed E-state index contributed by atoms with van der Waals surface area (Å²) in [5.41, 5.74) is 1.35. The van der Waals surface area contributed by atoms with Crippen LogP contribution in [-0.4, -0.2) is 63.8 Å². The van der Waals surface area contributed by atoms with Gasteiger partial charge in [-0.1, -0.05) is 6.07 Å². The van der Waals surface area contributed by atoms with Crippen LogP contribution < -0.4 is 10.2 Å². The topological polar surface area (TPSA) is 79.0 Å². The van der Waals surface area contributed by atoms with Gasteiger partial charge in [0.2, 0.25) is 15.9 Å². The average Bonchev–Trinajstić information content (AvgIpc) is 3.29. The first kappa shape index (κ1) is 24.1. The Morgan fingerprint density at radius 2 is 1.97 bits per heavy atom. The number of thiophene rings is 1. The molecule has 0 saturated carbocycles. The van der Waals surface area contributed by atoms with Gasteiger partial charge in [0.15, 0.2) is 0 Å². The molecule has 3 rings (SSSR count). The predicted octanol–water partition coefficient (Wildman–Crippen LogP) is 3.49. The molecule has 1 aliphatic rings. The molecule has 7 nitrogen and oxygen atoms in total. The van der Waals surface area contributed by atoms with Gasteiger partial charge in [0.05, 0.1) is 35.2 Å². The highest BCUT2D eigenvalue weighted by Crippen LogP contribution is 2.31. The van der Waals surface area contributed by atoms with Crippen molar-refractivity contribution in [1.82, 2.24) is 4.31 Å². The fraction of sp³-hybridized carbons (Fsp3) is 0.476. The Kier molecular flexibility index (Phi) is 8.79. The van der Waals surface area contributed by atoms with E-state index in [2.05, 4.69) is 10.2 Å². The number of nitrogens with one attached hydrogen (secondary N) is 1. The van der Waals surface area contributed by atoms with Crippen molar-refractivity contribution in [2.24, 2.45) is 0 Å². The molecule has 0 atom stereocenters. The molecule has 2 aromatic rings. The molecule has 170 valence electrons. The molecular weight excluding hydrogens is 454 g/mol. The van der Waals surface area contributed by atoms with Crippen LogP contribution in [0.4, 0.5) is 11.4 Å². The maximum Gasteiger partial charge on any atom is 0.243 e. The minimum absolute atomic E-state index is 0.143. The molecule has 1 fully saturated rings. The number of carbonyl (C=O) groups is 1. The minimum Gasteiger partial charge on any atom is -0.379 e. The number of hydrogen-bond donors (Lipinski definition) is 1. The minimum atomic E-state index is -3.64. The molecule has 1 aromatic heterocycles. The first-order chi connectivity index (χ1) is 15.0. The first-order valence-electron chi connectivity index (χ1n) is 10.3. The van der Waals surface area contributed by atoms with Crippen LogP contribution >= 0.6 is 23.1 Å². The maximum atomic E-state index is 13.1. The third-order valence-electron chi connectivity index (χ3n) is 5.01. The van der Waals surface area contributed by atoms with Crippen molar-refractivity contribution in [1.29, 1.82) is 0 Å². The Morgan fingerprint density at radius 1 is 1.23 bits per heavy atom. The molecule has 1 aromatic carbocycles. The molecule has 0 aliphatic carbocycles. The lowest BCUT2D eigenvalue weighted by atomic mass is 10.2. The monoisotopic (exact) mass is 483 g/mol. The van der Waals surface area contributed by atoms with Gasteiger partial charge >= 0.3 is 0 Å². The number of sulfonamides is 1. The predicted molar refractivity (Wildman–Crippen MR) is 129 cm³/mol. The van der Waals surface area contributed by atoms with Gasteiger partial charge in [0, 0.05) is 36.8 Å². The zero-order valence-electron chi connectivity index (χ0n) is 17.9. The van der Waals surface area contributed by atoms with E-state index in [0.29, 0.717) is 37.7 Å². The standard InChI is InChI=1S/C21H29N3O4S3/c1-3-23(4-2)20-8-7-18(31(26,27)24-9-11-28-12-10-24)14-19(20)22-21(25)16-29-15-17-6-5-13-30-17/h5-8,13-14H,3-4,9-12,15-16H2,1-2H3,(H,22,25). The van der Waals surface area contributed by atoms with Crippen molar-refractivity contribution in [2.75, 3.05) is 55.4 Å². The highest BCUT2D eigenvalue weighted by atomic mass is 32.2. The van der Waals surface area contributed by atoms with Crippen molar-refractivity contribution in [2.45, 2.75) is 24.5 Å². The number of amides is 1. The summed E-state index contributed by atoms with van der Waals surface area (Å²) in [6, 6.07) is 9.04. The van der Waals surface area contributed by atoms with Crippen molar-refractivity contribution in [3.05, 3.63) is 40.6 Å². The molecule has 0 unspecified atom stereocenters. The summed E-state index contributed by atoms with van der Waals surface area (Å²) >= 11 is 3.21. The zero-order valence-corrected chi connectivity index (χ0v) is 20.3. The molecule has 0 radical (unpaired) electrons. The molecule has 0 spiro atoms. The van der Waals surface area contributed by atoms with Crippen LogP contribution in [0.5, 0.6) is 0 Å². The third-order valence-corrected chi connectivity index (χ3v) is 8.95. The number of nitrogens with zero attached hydrogens (tertiary/aromatic N) is 2. The Morgan fingerprint density at radius 3 is 2.61 bits per heavy atom. The second-order valence-corrected chi connectivity index (χ2v) is 10.9. The van der Waals surface area contributed by atoms with E-state index in [9.17, 15) is 13.2 Å². The highest BCUT2D eigenvalue weighted by molar-refractivity contribution is 7.99. The van der Waals surface area contributed by atoms with Gasteiger partial charge in [-0.25, -0.2) is 8.42 Å². The molecule has 0 bridgehead atoms. The molecular formula is C21H29N3O4S3. The van der Waals surface area contributed by atoms with E-state index in [1.807, 2.05) is 31.4 Å². The number of rotatable bonds is 10. The second kappa shape index (κ2) is 11.3. The molecule has 1 saturated heterocycles. The van der Waals surface area contributed by atoms with Crippen molar-refractivity contribution in [3.8, 4) is 0 Å². The van der Waals surface area contributed by atoms with E-state index in [1.54, 1.807) is 41.3 Å². The zero-order chi connectivity index (χ0) is 22.3. The summed E-state index contributed by atoms with van der Waals surface area (Å²) in [6.07, 6.45) is 0. The van der Waals surface area contributed by atoms with Gasteiger partial charge in [-0.2, -0.15) is 4.31 Å². The lowest BCUT2D eigenvalue weighted by Crippen LogP contribution is -2.40. The molecule has 2 heterocycles. The van der Waals surface area contributed by atoms with Gasteiger partial charge in [-0.05, 0) is 43.5 Å². The molecule has 10 heteroatoms. The van der Waals surface area contributed by atoms with Crippen LogP contribution in [0.25, 0.3) is 0 Å². The Bertz CT molecular complexity index is 954. The number of hydrogen-bond acceptors (Lipinski definition) is 7. The van der Waals surface area contributed by atoms with Crippen molar-refractivity contribution < 1.29 is 17.9 Å². The largest absolute Gasteiger partial charge is 0.379 e. The van der Waals surface area contributed by atoms with Crippen LogP contribution in [0.15, 0.2) is 40.6 Å². The summed E-state index contributed by atoms with van der Waals surface area (Å²) in [5.74, 6) is 0.936. The smallest absolute Gasteiger partial charge is 0.243 e. The number of benzene rings is 1. The number of morpholine rings is 1. The van der Waals surface area contributed by atoms with E-state index in [4.69, 9.17) is 4.74 Å². The normalized spacial score (nSPS) is 15.0. The summed E-state index contributed by atoms with van der Waals surface area (Å²) in [5, 5.41) is 4.97. The van der Waals surface area contributed by atoms with E-state index >= 15 is 0 Å². The number of anilines is 2. The summed E-state index contributed by atoms with van der Waals surface area (Å²) in [6.45, 7) is 7.02. The molecule has 1 N–H and O–H groups in total. The lowest BCUT2D eigenvalue weighted by Gasteiger charge is -2.28. The van der Waals surface area contributed by atoms with Gasteiger partial charge in [-0.15, -0.1) is 23.1 Å². The summed E-state index contributed by atoms with van der Waals surface area (Å²) in [7, 11) is -3.64. The SMILES string of the molecule is CCN(CC)c1ccc(S(=O)(=O)N2CCOCC2)cc1NC(=O)CSCc1cccs1. The number of ether oxygens (including phenoxy) is 1. The van der Waals surface area contributed by atoms with E-state index < -0.39 is 10.0 Å². The summed E-state index contributed by atoms with van der Waals surface area (Å²) < 4.78 is 32.9. The van der Waals surface area contributed by atoms with Crippen LogP contribution in [0.2, 0.25) is 0 Å². The Hall–Kier alpha value is -1.59. The van der Waals surface area contributed by atoms with E-state index in [0.717, 1.165) is 24.5 Å². The quantitative estimate of drug-likeness (QED) is 0.557.